The van der Waals surface area contributed by atoms with Crippen LogP contribution < -0.4 is 10.6 Å². The van der Waals surface area contributed by atoms with E-state index in [-0.39, 0.29) is 42.1 Å². The molecule has 0 aromatic heterocycles. The number of methoxy groups -OCH3 is 1. The SMILES string of the molecule is COCCCN(CC(=O)NCC(=O)Nc1ccc(C)cc1)C(=O)C[C@H](C)CC(C)(C)C. The first-order chi connectivity index (χ1) is 14.5. The van der Waals surface area contributed by atoms with E-state index >= 15 is 0 Å². The Morgan fingerprint density at radius 1 is 1.10 bits per heavy atom. The van der Waals surface area contributed by atoms with E-state index < -0.39 is 0 Å². The molecule has 0 saturated heterocycles. The van der Waals surface area contributed by atoms with Gasteiger partial charge >= 0.3 is 0 Å². The van der Waals surface area contributed by atoms with Gasteiger partial charge in [0.05, 0.1) is 13.1 Å². The van der Waals surface area contributed by atoms with Crippen LogP contribution in [-0.4, -0.2) is 56.0 Å². The monoisotopic (exact) mass is 433 g/mol. The Hall–Kier alpha value is -2.41. The van der Waals surface area contributed by atoms with Crippen LogP contribution in [0.3, 0.4) is 0 Å². The van der Waals surface area contributed by atoms with Crippen molar-refractivity contribution in [2.24, 2.45) is 11.3 Å². The minimum absolute atomic E-state index is 0.0490. The van der Waals surface area contributed by atoms with Crippen LogP contribution in [0.15, 0.2) is 24.3 Å². The highest BCUT2D eigenvalue weighted by molar-refractivity contribution is 5.95. The quantitative estimate of drug-likeness (QED) is 0.495. The van der Waals surface area contributed by atoms with Gasteiger partial charge in [0.2, 0.25) is 17.7 Å². The van der Waals surface area contributed by atoms with Crippen LogP contribution in [0.25, 0.3) is 0 Å². The van der Waals surface area contributed by atoms with Crippen LogP contribution >= 0.6 is 0 Å². The van der Waals surface area contributed by atoms with Crippen molar-refractivity contribution < 1.29 is 19.1 Å². The molecule has 1 atom stereocenters. The number of carbonyl (C=O) groups excluding carboxylic acids is 3. The van der Waals surface area contributed by atoms with Gasteiger partial charge in [0.25, 0.3) is 0 Å². The van der Waals surface area contributed by atoms with E-state index in [1.807, 2.05) is 31.2 Å². The lowest BCUT2D eigenvalue weighted by molar-refractivity contribution is -0.137. The molecule has 31 heavy (non-hydrogen) atoms. The van der Waals surface area contributed by atoms with Crippen molar-refractivity contribution >= 4 is 23.4 Å². The van der Waals surface area contributed by atoms with Gasteiger partial charge in [-0.1, -0.05) is 45.4 Å². The minimum atomic E-state index is -0.353. The molecular formula is C24H39N3O4. The topological polar surface area (TPSA) is 87.7 Å². The second-order valence-electron chi connectivity index (χ2n) is 9.43. The maximum atomic E-state index is 12.8. The Bertz CT molecular complexity index is 711. The third-order valence-electron chi connectivity index (χ3n) is 4.73. The summed E-state index contributed by atoms with van der Waals surface area (Å²) in [4.78, 5) is 38.8. The molecule has 1 aromatic carbocycles. The first-order valence-corrected chi connectivity index (χ1v) is 10.9. The number of anilines is 1. The predicted molar refractivity (Wildman–Crippen MR) is 124 cm³/mol. The summed E-state index contributed by atoms with van der Waals surface area (Å²) in [5, 5.41) is 5.34. The number of hydrogen-bond acceptors (Lipinski definition) is 4. The van der Waals surface area contributed by atoms with E-state index in [2.05, 4.69) is 38.3 Å². The molecule has 0 radical (unpaired) electrons. The highest BCUT2D eigenvalue weighted by atomic mass is 16.5. The molecule has 2 N–H and O–H groups in total. The number of nitrogens with zero attached hydrogens (tertiary/aromatic N) is 1. The molecule has 0 unspecified atom stereocenters. The van der Waals surface area contributed by atoms with E-state index in [4.69, 9.17) is 4.74 Å². The van der Waals surface area contributed by atoms with Gasteiger partial charge in [0.15, 0.2) is 0 Å². The maximum absolute atomic E-state index is 12.8. The Kier molecular flexibility index (Phi) is 11.3. The number of benzene rings is 1. The van der Waals surface area contributed by atoms with Crippen molar-refractivity contribution in [3.8, 4) is 0 Å². The van der Waals surface area contributed by atoms with Crippen molar-refractivity contribution in [1.29, 1.82) is 0 Å². The van der Waals surface area contributed by atoms with E-state index in [1.54, 1.807) is 12.0 Å². The highest BCUT2D eigenvalue weighted by Gasteiger charge is 2.22. The fourth-order valence-corrected chi connectivity index (χ4v) is 3.49. The molecular weight excluding hydrogens is 394 g/mol. The minimum Gasteiger partial charge on any atom is -0.385 e. The van der Waals surface area contributed by atoms with Gasteiger partial charge in [0.1, 0.15) is 0 Å². The summed E-state index contributed by atoms with van der Waals surface area (Å²) >= 11 is 0. The van der Waals surface area contributed by atoms with Gasteiger partial charge in [-0.15, -0.1) is 0 Å². The summed E-state index contributed by atoms with van der Waals surface area (Å²) in [6.07, 6.45) is 1.97. The fourth-order valence-electron chi connectivity index (χ4n) is 3.49. The molecule has 0 heterocycles. The molecule has 174 valence electrons. The molecule has 0 spiro atoms. The fraction of sp³-hybridized carbons (Fsp3) is 0.625. The first kappa shape index (κ1) is 26.6. The third kappa shape index (κ3) is 12.1. The van der Waals surface area contributed by atoms with Gasteiger partial charge in [-0.2, -0.15) is 0 Å². The lowest BCUT2D eigenvalue weighted by atomic mass is 9.84. The van der Waals surface area contributed by atoms with Gasteiger partial charge in [0, 0.05) is 32.4 Å². The largest absolute Gasteiger partial charge is 0.385 e. The lowest BCUT2D eigenvalue weighted by Gasteiger charge is -2.26. The molecule has 7 heteroatoms. The molecule has 0 aliphatic carbocycles. The molecule has 0 bridgehead atoms. The number of rotatable bonds is 12. The average Bonchev–Trinajstić information content (AvgIpc) is 2.66. The Labute approximate surface area is 186 Å². The maximum Gasteiger partial charge on any atom is 0.243 e. The summed E-state index contributed by atoms with van der Waals surface area (Å²) in [6.45, 7) is 11.2. The summed E-state index contributed by atoms with van der Waals surface area (Å²) in [5.41, 5.74) is 1.92. The third-order valence-corrected chi connectivity index (χ3v) is 4.73. The predicted octanol–water partition coefficient (Wildman–Crippen LogP) is 3.38. The van der Waals surface area contributed by atoms with Crippen molar-refractivity contribution in [1.82, 2.24) is 10.2 Å². The summed E-state index contributed by atoms with van der Waals surface area (Å²) in [5.74, 6) is -0.491. The molecule has 3 amide bonds. The van der Waals surface area contributed by atoms with Crippen molar-refractivity contribution in [2.45, 2.75) is 53.9 Å². The zero-order valence-corrected chi connectivity index (χ0v) is 19.9. The molecule has 0 saturated carbocycles. The van der Waals surface area contributed by atoms with E-state index in [1.165, 1.54) is 0 Å². The second-order valence-corrected chi connectivity index (χ2v) is 9.43. The Morgan fingerprint density at radius 3 is 2.32 bits per heavy atom. The number of amides is 3. The molecule has 0 aliphatic rings. The molecule has 1 aromatic rings. The normalized spacial score (nSPS) is 12.2. The van der Waals surface area contributed by atoms with Crippen molar-refractivity contribution in [3.05, 3.63) is 29.8 Å². The summed E-state index contributed by atoms with van der Waals surface area (Å²) in [7, 11) is 1.61. The summed E-state index contributed by atoms with van der Waals surface area (Å²) < 4.78 is 5.08. The van der Waals surface area contributed by atoms with Crippen LogP contribution in [0.1, 0.15) is 52.5 Å². The van der Waals surface area contributed by atoms with Crippen LogP contribution in [0.4, 0.5) is 5.69 Å². The van der Waals surface area contributed by atoms with Gasteiger partial charge in [-0.3, -0.25) is 14.4 Å². The zero-order valence-electron chi connectivity index (χ0n) is 19.9. The Balaban J connectivity index is 2.56. The number of ether oxygens (including phenoxy) is 1. The molecule has 0 fully saturated rings. The van der Waals surface area contributed by atoms with Crippen LogP contribution in [0.2, 0.25) is 0 Å². The van der Waals surface area contributed by atoms with Gasteiger partial charge < -0.3 is 20.3 Å². The highest BCUT2D eigenvalue weighted by Crippen LogP contribution is 2.26. The van der Waals surface area contributed by atoms with Crippen LogP contribution in [0.5, 0.6) is 0 Å². The number of nitrogens with one attached hydrogen (secondary N) is 2. The number of carbonyl (C=O) groups is 3. The standard InChI is InChI=1S/C24H39N3O4/c1-18-8-10-20(11-9-18)26-21(28)16-25-22(29)17-27(12-7-13-31-6)23(30)14-19(2)15-24(3,4)5/h8-11,19H,7,12-17H2,1-6H3,(H,25,29)(H,26,28)/t19-/m0/s1. The smallest absolute Gasteiger partial charge is 0.243 e. The Morgan fingerprint density at radius 2 is 1.74 bits per heavy atom. The molecule has 1 rings (SSSR count). The summed E-state index contributed by atoms with van der Waals surface area (Å²) in [6, 6.07) is 7.42. The van der Waals surface area contributed by atoms with Gasteiger partial charge in [-0.05, 0) is 43.2 Å². The lowest BCUT2D eigenvalue weighted by Crippen LogP contribution is -2.43. The molecule has 7 nitrogen and oxygen atoms in total. The number of hydrogen-bond donors (Lipinski definition) is 2. The van der Waals surface area contributed by atoms with E-state index in [0.29, 0.717) is 31.7 Å². The van der Waals surface area contributed by atoms with E-state index in [0.717, 1.165) is 12.0 Å². The molecule has 0 aliphatic heterocycles. The van der Waals surface area contributed by atoms with E-state index in [9.17, 15) is 14.4 Å². The first-order valence-electron chi connectivity index (χ1n) is 10.9. The van der Waals surface area contributed by atoms with Crippen LogP contribution in [0, 0.1) is 18.3 Å². The van der Waals surface area contributed by atoms with Crippen molar-refractivity contribution in [2.75, 3.05) is 38.7 Å². The zero-order chi connectivity index (χ0) is 23.4. The van der Waals surface area contributed by atoms with Gasteiger partial charge in [-0.25, -0.2) is 0 Å². The van der Waals surface area contributed by atoms with Crippen molar-refractivity contribution in [3.63, 3.8) is 0 Å². The second kappa shape index (κ2) is 13.1. The average molecular weight is 434 g/mol. The number of aryl methyl sites for hydroxylation is 1. The van der Waals surface area contributed by atoms with Crippen LogP contribution in [-0.2, 0) is 19.1 Å².